The molecule has 2 nitrogen and oxygen atoms in total. The lowest BCUT2D eigenvalue weighted by Gasteiger charge is -1.99. The van der Waals surface area contributed by atoms with E-state index in [0.29, 0.717) is 6.85 Å². The Hall–Kier alpha value is -0.0151. The minimum atomic E-state index is 0.573. The first kappa shape index (κ1) is 6.98. The fourth-order valence-corrected chi connectivity index (χ4v) is 0.372. The molecule has 3 heteroatoms. The smallest absolute Gasteiger partial charge is 0.213 e. The highest BCUT2D eigenvalue weighted by molar-refractivity contribution is 6.52. The van der Waals surface area contributed by atoms with Gasteiger partial charge in [-0.05, 0) is 6.54 Å². The molecule has 0 spiro atoms. The third kappa shape index (κ3) is 5.98. The van der Waals surface area contributed by atoms with Crippen LogP contribution >= 0.6 is 0 Å². The van der Waals surface area contributed by atoms with Crippen molar-refractivity contribution in [1.82, 2.24) is 5.23 Å². The molecular weight excluding hydrogens is 86.9 g/mol. The molecule has 42 valence electrons. The zero-order valence-electron chi connectivity index (χ0n) is 5.07. The van der Waals surface area contributed by atoms with Crippen LogP contribution in [-0.2, 0) is 0 Å². The van der Waals surface area contributed by atoms with Crippen molar-refractivity contribution in [2.24, 2.45) is 5.73 Å². The second kappa shape index (κ2) is 4.15. The predicted molar refractivity (Wildman–Crippen MR) is 34.5 cm³/mol. The molecule has 0 bridgehead atoms. The minimum Gasteiger partial charge on any atom is -0.355 e. The molecule has 0 amide bonds. The maximum absolute atomic E-state index is 5.21. The Kier molecular flexibility index (Phi) is 4.14. The van der Waals surface area contributed by atoms with Gasteiger partial charge in [-0.2, -0.15) is 0 Å². The van der Waals surface area contributed by atoms with Gasteiger partial charge in [0.25, 0.3) is 0 Å². The SMILES string of the molecule is CB(C)NCCN. The Bertz CT molecular complexity index is 38.7. The summed E-state index contributed by atoms with van der Waals surface area (Å²) in [5.74, 6) is 0. The second-order valence-corrected chi connectivity index (χ2v) is 1.90. The van der Waals surface area contributed by atoms with E-state index in [4.69, 9.17) is 5.73 Å². The van der Waals surface area contributed by atoms with Gasteiger partial charge in [0.15, 0.2) is 0 Å². The third-order valence-corrected chi connectivity index (χ3v) is 0.697. The Morgan fingerprint density at radius 2 is 2.14 bits per heavy atom. The van der Waals surface area contributed by atoms with Crippen LogP contribution in [0.3, 0.4) is 0 Å². The molecule has 7 heavy (non-hydrogen) atoms. The minimum absolute atomic E-state index is 0.573. The van der Waals surface area contributed by atoms with Crippen LogP contribution in [0.25, 0.3) is 0 Å². The number of hydrogen-bond donors (Lipinski definition) is 2. The molecule has 0 saturated carbocycles. The van der Waals surface area contributed by atoms with E-state index in [2.05, 4.69) is 18.9 Å². The van der Waals surface area contributed by atoms with Crippen molar-refractivity contribution >= 4 is 6.85 Å². The maximum Gasteiger partial charge on any atom is 0.213 e. The van der Waals surface area contributed by atoms with Crippen LogP contribution in [-0.4, -0.2) is 19.9 Å². The first-order valence-electron chi connectivity index (χ1n) is 2.71. The number of nitrogens with two attached hydrogens (primary N) is 1. The van der Waals surface area contributed by atoms with Gasteiger partial charge in [-0.15, -0.1) is 0 Å². The van der Waals surface area contributed by atoms with Gasteiger partial charge in [0.1, 0.15) is 0 Å². The highest BCUT2D eigenvalue weighted by Crippen LogP contribution is 1.66. The van der Waals surface area contributed by atoms with Gasteiger partial charge in [-0.1, -0.05) is 13.6 Å². The predicted octanol–water partition coefficient (Wildman–Crippen LogP) is -0.214. The van der Waals surface area contributed by atoms with E-state index < -0.39 is 0 Å². The molecule has 0 aliphatic rings. The first-order chi connectivity index (χ1) is 3.27. The molecule has 0 unspecified atom stereocenters. The Balaban J connectivity index is 2.68. The number of hydrogen-bond acceptors (Lipinski definition) is 2. The van der Waals surface area contributed by atoms with Crippen molar-refractivity contribution in [3.63, 3.8) is 0 Å². The van der Waals surface area contributed by atoms with E-state index in [9.17, 15) is 0 Å². The number of rotatable bonds is 3. The van der Waals surface area contributed by atoms with Gasteiger partial charge >= 0.3 is 0 Å². The van der Waals surface area contributed by atoms with E-state index in [1.807, 2.05) is 0 Å². The lowest BCUT2D eigenvalue weighted by Crippen LogP contribution is -2.31. The maximum atomic E-state index is 5.21. The topological polar surface area (TPSA) is 38.0 Å². The van der Waals surface area contributed by atoms with Crippen molar-refractivity contribution in [3.8, 4) is 0 Å². The summed E-state index contributed by atoms with van der Waals surface area (Å²) in [7, 11) is 0. The fourth-order valence-electron chi connectivity index (χ4n) is 0.372. The first-order valence-corrected chi connectivity index (χ1v) is 2.71. The van der Waals surface area contributed by atoms with Crippen LogP contribution < -0.4 is 11.0 Å². The summed E-state index contributed by atoms with van der Waals surface area (Å²) in [6.45, 7) is 6.45. The molecule has 0 aromatic carbocycles. The molecule has 0 atom stereocenters. The Morgan fingerprint density at radius 1 is 1.57 bits per heavy atom. The fraction of sp³-hybridized carbons (Fsp3) is 1.00. The van der Waals surface area contributed by atoms with Gasteiger partial charge in [-0.25, -0.2) is 0 Å². The molecule has 0 radical (unpaired) electrons. The molecule has 0 aromatic heterocycles. The lowest BCUT2D eigenvalue weighted by molar-refractivity contribution is 0.890. The highest BCUT2D eigenvalue weighted by Gasteiger charge is 1.91. The van der Waals surface area contributed by atoms with Crippen LogP contribution in [0.5, 0.6) is 0 Å². The van der Waals surface area contributed by atoms with Crippen molar-refractivity contribution < 1.29 is 0 Å². The van der Waals surface area contributed by atoms with Crippen LogP contribution in [0, 0.1) is 0 Å². The molecule has 0 fully saturated rings. The summed E-state index contributed by atoms with van der Waals surface area (Å²) in [4.78, 5) is 0. The van der Waals surface area contributed by atoms with Crippen LogP contribution in [0.2, 0.25) is 13.6 Å². The average molecular weight is 100.0 g/mol. The van der Waals surface area contributed by atoms with Gasteiger partial charge in [0.2, 0.25) is 6.85 Å². The van der Waals surface area contributed by atoms with E-state index in [0.717, 1.165) is 13.1 Å². The van der Waals surface area contributed by atoms with E-state index in [1.165, 1.54) is 0 Å². The second-order valence-electron chi connectivity index (χ2n) is 1.90. The van der Waals surface area contributed by atoms with E-state index in [1.54, 1.807) is 0 Å². The van der Waals surface area contributed by atoms with Crippen LogP contribution in [0.1, 0.15) is 0 Å². The van der Waals surface area contributed by atoms with Crippen LogP contribution in [0.4, 0.5) is 0 Å². The summed E-state index contributed by atoms with van der Waals surface area (Å²) in [6.07, 6.45) is 0. The summed E-state index contributed by atoms with van der Waals surface area (Å²) in [6, 6.07) is 0. The van der Waals surface area contributed by atoms with Crippen molar-refractivity contribution in [1.29, 1.82) is 0 Å². The monoisotopic (exact) mass is 100 g/mol. The largest absolute Gasteiger partial charge is 0.355 e. The van der Waals surface area contributed by atoms with Gasteiger partial charge in [0, 0.05) is 6.54 Å². The molecule has 0 aliphatic heterocycles. The van der Waals surface area contributed by atoms with Gasteiger partial charge in [-0.3, -0.25) is 0 Å². The highest BCUT2D eigenvalue weighted by atomic mass is 14.8. The average Bonchev–Trinajstić information content (AvgIpc) is 1.61. The summed E-state index contributed by atoms with van der Waals surface area (Å²) in [5, 5.41) is 3.17. The molecular formula is C4H13BN2. The molecule has 0 aromatic rings. The van der Waals surface area contributed by atoms with E-state index in [-0.39, 0.29) is 0 Å². The normalized spacial score (nSPS) is 9.00. The lowest BCUT2D eigenvalue weighted by atomic mass is 9.69. The number of nitrogens with one attached hydrogen (secondary N) is 1. The summed E-state index contributed by atoms with van der Waals surface area (Å²) in [5.41, 5.74) is 5.21. The molecule has 0 heterocycles. The quantitative estimate of drug-likeness (QED) is 0.481. The zero-order chi connectivity index (χ0) is 5.70. The molecule has 0 saturated heterocycles. The molecule has 0 rings (SSSR count). The molecule has 3 N–H and O–H groups in total. The summed E-state index contributed by atoms with van der Waals surface area (Å²) < 4.78 is 0. The third-order valence-electron chi connectivity index (χ3n) is 0.697. The Labute approximate surface area is 45.6 Å². The summed E-state index contributed by atoms with van der Waals surface area (Å²) >= 11 is 0. The Morgan fingerprint density at radius 3 is 2.29 bits per heavy atom. The van der Waals surface area contributed by atoms with Crippen LogP contribution in [0.15, 0.2) is 0 Å². The molecule has 0 aliphatic carbocycles. The van der Waals surface area contributed by atoms with Gasteiger partial charge in [0.05, 0.1) is 0 Å². The van der Waals surface area contributed by atoms with Gasteiger partial charge < -0.3 is 11.0 Å². The van der Waals surface area contributed by atoms with Crippen molar-refractivity contribution in [2.75, 3.05) is 13.1 Å². The standard InChI is InChI=1S/C4H13BN2/c1-5(2)7-4-3-6/h7H,3-4,6H2,1-2H3. The van der Waals surface area contributed by atoms with Crippen molar-refractivity contribution in [3.05, 3.63) is 0 Å². The van der Waals surface area contributed by atoms with Crippen molar-refractivity contribution in [2.45, 2.75) is 13.6 Å². The van der Waals surface area contributed by atoms with E-state index >= 15 is 0 Å². The zero-order valence-corrected chi connectivity index (χ0v) is 5.07.